The molecule has 1 aromatic carbocycles. The van der Waals surface area contributed by atoms with E-state index in [0.717, 1.165) is 17.3 Å². The third-order valence-electron chi connectivity index (χ3n) is 3.19. The summed E-state index contributed by atoms with van der Waals surface area (Å²) in [5.74, 6) is 0. The molecular weight excluding hydrogens is 320 g/mol. The molecule has 20 heavy (non-hydrogen) atoms. The molecule has 5 heteroatoms. The second kappa shape index (κ2) is 8.97. The standard InChI is InChI=1S/C15H23BrN2O2/c1-3-18(10-11-19)15(20)17-12(2)4-5-13-6-8-14(16)9-7-13/h6-9,12,19H,3-5,10-11H2,1-2H3,(H,17,20). The van der Waals surface area contributed by atoms with Gasteiger partial charge in [0, 0.05) is 23.6 Å². The summed E-state index contributed by atoms with van der Waals surface area (Å²) >= 11 is 3.41. The zero-order valence-electron chi connectivity index (χ0n) is 12.1. The number of benzene rings is 1. The van der Waals surface area contributed by atoms with Gasteiger partial charge in [0.1, 0.15) is 0 Å². The minimum Gasteiger partial charge on any atom is -0.395 e. The fourth-order valence-corrected chi connectivity index (χ4v) is 2.20. The highest BCUT2D eigenvalue weighted by Crippen LogP contribution is 2.12. The average Bonchev–Trinajstić information content (AvgIpc) is 2.44. The van der Waals surface area contributed by atoms with Gasteiger partial charge in [0.25, 0.3) is 0 Å². The molecule has 2 N–H and O–H groups in total. The second-order valence-corrected chi connectivity index (χ2v) is 5.73. The number of hydrogen-bond donors (Lipinski definition) is 2. The predicted octanol–water partition coefficient (Wildman–Crippen LogP) is 2.79. The van der Waals surface area contributed by atoms with Crippen molar-refractivity contribution in [1.29, 1.82) is 0 Å². The van der Waals surface area contributed by atoms with Crippen LogP contribution in [0.3, 0.4) is 0 Å². The third kappa shape index (κ3) is 5.92. The Kier molecular flexibility index (Phi) is 7.62. The van der Waals surface area contributed by atoms with Crippen LogP contribution in [0, 0.1) is 0 Å². The van der Waals surface area contributed by atoms with Crippen LogP contribution in [0.4, 0.5) is 4.79 Å². The molecule has 0 spiro atoms. The Labute approximate surface area is 129 Å². The number of rotatable bonds is 7. The molecule has 0 aliphatic carbocycles. The lowest BCUT2D eigenvalue weighted by molar-refractivity contribution is 0.177. The monoisotopic (exact) mass is 342 g/mol. The van der Waals surface area contributed by atoms with E-state index < -0.39 is 0 Å². The average molecular weight is 343 g/mol. The number of amides is 2. The summed E-state index contributed by atoms with van der Waals surface area (Å²) in [6, 6.07) is 8.23. The van der Waals surface area contributed by atoms with Gasteiger partial charge in [0.2, 0.25) is 0 Å². The molecule has 0 fully saturated rings. The van der Waals surface area contributed by atoms with Gasteiger partial charge in [-0.1, -0.05) is 28.1 Å². The van der Waals surface area contributed by atoms with E-state index in [2.05, 4.69) is 33.4 Å². The summed E-state index contributed by atoms with van der Waals surface area (Å²) in [6.07, 6.45) is 1.82. The number of likely N-dealkylation sites (N-methyl/N-ethyl adjacent to an activating group) is 1. The lowest BCUT2D eigenvalue weighted by Crippen LogP contribution is -2.45. The van der Waals surface area contributed by atoms with Crippen LogP contribution in [0.15, 0.2) is 28.7 Å². The number of halogens is 1. The fourth-order valence-electron chi connectivity index (χ4n) is 1.93. The van der Waals surface area contributed by atoms with Crippen molar-refractivity contribution in [3.63, 3.8) is 0 Å². The Balaban J connectivity index is 2.37. The van der Waals surface area contributed by atoms with Gasteiger partial charge in [-0.15, -0.1) is 0 Å². The molecule has 0 aliphatic rings. The van der Waals surface area contributed by atoms with E-state index in [1.807, 2.05) is 26.0 Å². The molecule has 4 nitrogen and oxygen atoms in total. The molecular formula is C15H23BrN2O2. The smallest absolute Gasteiger partial charge is 0.317 e. The van der Waals surface area contributed by atoms with Crippen molar-refractivity contribution in [3.8, 4) is 0 Å². The molecule has 1 atom stereocenters. The molecule has 0 saturated heterocycles. The molecule has 0 aliphatic heterocycles. The van der Waals surface area contributed by atoms with E-state index in [1.54, 1.807) is 4.90 Å². The Morgan fingerprint density at radius 3 is 2.60 bits per heavy atom. The van der Waals surface area contributed by atoms with Crippen molar-refractivity contribution in [2.45, 2.75) is 32.7 Å². The first-order valence-corrected chi connectivity index (χ1v) is 7.76. The molecule has 0 saturated carbocycles. The highest BCUT2D eigenvalue weighted by Gasteiger charge is 2.13. The van der Waals surface area contributed by atoms with Crippen LogP contribution in [-0.2, 0) is 6.42 Å². The maximum absolute atomic E-state index is 11.9. The van der Waals surface area contributed by atoms with E-state index in [-0.39, 0.29) is 18.7 Å². The van der Waals surface area contributed by atoms with Crippen LogP contribution in [-0.4, -0.2) is 41.8 Å². The summed E-state index contributed by atoms with van der Waals surface area (Å²) in [5.41, 5.74) is 1.26. The Bertz CT molecular complexity index is 409. The number of hydrogen-bond acceptors (Lipinski definition) is 2. The SMILES string of the molecule is CCN(CCO)C(=O)NC(C)CCc1ccc(Br)cc1. The first-order chi connectivity index (χ1) is 9.56. The van der Waals surface area contributed by atoms with Crippen molar-refractivity contribution in [1.82, 2.24) is 10.2 Å². The quantitative estimate of drug-likeness (QED) is 0.800. The van der Waals surface area contributed by atoms with Crippen LogP contribution in [0.1, 0.15) is 25.8 Å². The number of aliphatic hydroxyl groups excluding tert-OH is 1. The van der Waals surface area contributed by atoms with Gasteiger partial charge in [-0.2, -0.15) is 0 Å². The summed E-state index contributed by atoms with van der Waals surface area (Å²) in [6.45, 7) is 4.88. The van der Waals surface area contributed by atoms with Crippen LogP contribution >= 0.6 is 15.9 Å². The maximum atomic E-state index is 11.9. The predicted molar refractivity (Wildman–Crippen MR) is 84.8 cm³/mol. The maximum Gasteiger partial charge on any atom is 0.317 e. The lowest BCUT2D eigenvalue weighted by atomic mass is 10.1. The largest absolute Gasteiger partial charge is 0.395 e. The lowest BCUT2D eigenvalue weighted by Gasteiger charge is -2.23. The van der Waals surface area contributed by atoms with E-state index in [0.29, 0.717) is 13.1 Å². The van der Waals surface area contributed by atoms with Crippen LogP contribution in [0.2, 0.25) is 0 Å². The first kappa shape index (κ1) is 17.0. The minimum absolute atomic E-state index is 0.00542. The van der Waals surface area contributed by atoms with Crippen molar-refractivity contribution in [3.05, 3.63) is 34.3 Å². The first-order valence-electron chi connectivity index (χ1n) is 6.97. The molecule has 0 radical (unpaired) electrons. The van der Waals surface area contributed by atoms with Gasteiger partial charge in [0.05, 0.1) is 6.61 Å². The number of aryl methyl sites for hydroxylation is 1. The number of nitrogens with one attached hydrogen (secondary N) is 1. The zero-order chi connectivity index (χ0) is 15.0. The number of carbonyl (C=O) groups excluding carboxylic acids is 1. The summed E-state index contributed by atoms with van der Waals surface area (Å²) < 4.78 is 1.07. The van der Waals surface area contributed by atoms with E-state index in [9.17, 15) is 4.79 Å². The van der Waals surface area contributed by atoms with Crippen molar-refractivity contribution < 1.29 is 9.90 Å². The number of nitrogens with zero attached hydrogens (tertiary/aromatic N) is 1. The van der Waals surface area contributed by atoms with Crippen LogP contribution in [0.5, 0.6) is 0 Å². The third-order valence-corrected chi connectivity index (χ3v) is 3.72. The summed E-state index contributed by atoms with van der Waals surface area (Å²) in [5, 5.41) is 11.9. The van der Waals surface area contributed by atoms with E-state index >= 15 is 0 Å². The molecule has 0 heterocycles. The Morgan fingerprint density at radius 2 is 2.05 bits per heavy atom. The topological polar surface area (TPSA) is 52.6 Å². The minimum atomic E-state index is -0.107. The number of aliphatic hydroxyl groups is 1. The molecule has 112 valence electrons. The Hall–Kier alpha value is -1.07. The van der Waals surface area contributed by atoms with Crippen LogP contribution in [0.25, 0.3) is 0 Å². The number of carbonyl (C=O) groups is 1. The molecule has 1 rings (SSSR count). The second-order valence-electron chi connectivity index (χ2n) is 4.82. The van der Waals surface area contributed by atoms with E-state index in [1.165, 1.54) is 5.56 Å². The summed E-state index contributed by atoms with van der Waals surface area (Å²) in [7, 11) is 0. The van der Waals surface area contributed by atoms with Gasteiger partial charge >= 0.3 is 6.03 Å². The van der Waals surface area contributed by atoms with Gasteiger partial charge in [-0.25, -0.2) is 4.79 Å². The van der Waals surface area contributed by atoms with Gasteiger partial charge in [-0.05, 0) is 44.4 Å². The molecule has 0 bridgehead atoms. The van der Waals surface area contributed by atoms with Gasteiger partial charge in [0.15, 0.2) is 0 Å². The van der Waals surface area contributed by atoms with Gasteiger partial charge in [-0.3, -0.25) is 0 Å². The Morgan fingerprint density at radius 1 is 1.40 bits per heavy atom. The van der Waals surface area contributed by atoms with Crippen molar-refractivity contribution in [2.24, 2.45) is 0 Å². The molecule has 2 amide bonds. The van der Waals surface area contributed by atoms with Crippen molar-refractivity contribution in [2.75, 3.05) is 19.7 Å². The van der Waals surface area contributed by atoms with Crippen molar-refractivity contribution >= 4 is 22.0 Å². The molecule has 0 aromatic heterocycles. The van der Waals surface area contributed by atoms with Crippen LogP contribution < -0.4 is 5.32 Å². The highest BCUT2D eigenvalue weighted by atomic mass is 79.9. The fraction of sp³-hybridized carbons (Fsp3) is 0.533. The molecule has 1 unspecified atom stereocenters. The normalized spacial score (nSPS) is 12.0. The number of urea groups is 1. The zero-order valence-corrected chi connectivity index (χ0v) is 13.7. The summed E-state index contributed by atoms with van der Waals surface area (Å²) in [4.78, 5) is 13.5. The van der Waals surface area contributed by atoms with Gasteiger partial charge < -0.3 is 15.3 Å². The van der Waals surface area contributed by atoms with E-state index in [4.69, 9.17) is 5.11 Å². The highest BCUT2D eigenvalue weighted by molar-refractivity contribution is 9.10. The molecule has 1 aromatic rings.